The number of carbonyl (C=O) groups is 1. The number of aromatic nitrogens is 2. The van der Waals surface area contributed by atoms with Gasteiger partial charge in [0, 0.05) is 6.54 Å². The summed E-state index contributed by atoms with van der Waals surface area (Å²) in [6, 6.07) is 7.60. The van der Waals surface area contributed by atoms with Crippen molar-refractivity contribution in [2.75, 3.05) is 18.0 Å². The van der Waals surface area contributed by atoms with Crippen LogP contribution in [0.3, 0.4) is 0 Å². The fourth-order valence-electron chi connectivity index (χ4n) is 2.07. The van der Waals surface area contributed by atoms with E-state index in [4.69, 9.17) is 5.11 Å². The number of carboxylic acid groups (broad SMARTS) is 1. The van der Waals surface area contributed by atoms with Crippen LogP contribution in [0.5, 0.6) is 0 Å². The molecule has 1 N–H and O–H groups in total. The first-order valence-corrected chi connectivity index (χ1v) is 6.32. The summed E-state index contributed by atoms with van der Waals surface area (Å²) in [5, 5.41) is 8.99. The molecule has 5 nitrogen and oxygen atoms in total. The summed E-state index contributed by atoms with van der Waals surface area (Å²) < 4.78 is 0. The van der Waals surface area contributed by atoms with Crippen molar-refractivity contribution < 1.29 is 9.90 Å². The summed E-state index contributed by atoms with van der Waals surface area (Å²) in [5.74, 6) is -0.203. The van der Waals surface area contributed by atoms with Crippen LogP contribution in [0, 0.1) is 6.92 Å². The Balaban J connectivity index is 2.45. The average Bonchev–Trinajstić information content (AvgIpc) is 2.37. The minimum atomic E-state index is -0.859. The third kappa shape index (κ3) is 2.99. The summed E-state index contributed by atoms with van der Waals surface area (Å²) in [5.41, 5.74) is 2.37. The number of fused-ring (bicyclic) bond motifs is 1. The number of aryl methyl sites for hydroxylation is 1. The number of benzene rings is 1. The van der Waals surface area contributed by atoms with Crippen LogP contribution in [0.25, 0.3) is 11.0 Å². The first kappa shape index (κ1) is 13.3. The molecule has 100 valence electrons. The Morgan fingerprint density at radius 1 is 1.26 bits per heavy atom. The minimum Gasteiger partial charge on any atom is -0.480 e. The molecule has 0 bridgehead atoms. The molecule has 0 radical (unpaired) electrons. The summed E-state index contributed by atoms with van der Waals surface area (Å²) in [6.07, 6.45) is 0.862. The first-order valence-electron chi connectivity index (χ1n) is 6.32. The van der Waals surface area contributed by atoms with Crippen LogP contribution in [-0.4, -0.2) is 34.1 Å². The molecule has 2 aromatic rings. The second-order valence-corrected chi connectivity index (χ2v) is 4.44. The minimum absolute atomic E-state index is 0.0539. The molecule has 5 heteroatoms. The fraction of sp³-hybridized carbons (Fsp3) is 0.357. The van der Waals surface area contributed by atoms with Gasteiger partial charge < -0.3 is 10.0 Å². The van der Waals surface area contributed by atoms with Crippen molar-refractivity contribution in [3.05, 3.63) is 30.0 Å². The van der Waals surface area contributed by atoms with E-state index in [1.165, 1.54) is 0 Å². The number of rotatable bonds is 5. The van der Waals surface area contributed by atoms with Crippen LogP contribution in [0.4, 0.5) is 5.82 Å². The van der Waals surface area contributed by atoms with Crippen molar-refractivity contribution in [2.45, 2.75) is 20.3 Å². The second-order valence-electron chi connectivity index (χ2n) is 4.44. The molecule has 0 amide bonds. The van der Waals surface area contributed by atoms with Crippen LogP contribution in [0.15, 0.2) is 24.3 Å². The summed E-state index contributed by atoms with van der Waals surface area (Å²) in [7, 11) is 0. The molecule has 0 spiro atoms. The number of para-hydroxylation sites is 2. The molecule has 0 unspecified atom stereocenters. The molecule has 0 saturated heterocycles. The Bertz CT molecular complexity index is 598. The molecule has 1 heterocycles. The predicted octanol–water partition coefficient (Wildman–Crippen LogP) is 2.24. The molecule has 0 saturated carbocycles. The standard InChI is InChI=1S/C14H17N3O2/c1-3-8-17(9-13(18)19)14-10(2)15-11-6-4-5-7-12(11)16-14/h4-7H,3,8-9H2,1-2H3,(H,18,19). The van der Waals surface area contributed by atoms with E-state index in [2.05, 4.69) is 9.97 Å². The van der Waals surface area contributed by atoms with Gasteiger partial charge in [0.15, 0.2) is 5.82 Å². The van der Waals surface area contributed by atoms with Crippen molar-refractivity contribution in [3.63, 3.8) is 0 Å². The SMILES string of the molecule is CCCN(CC(=O)O)c1nc2ccccc2nc1C. The highest BCUT2D eigenvalue weighted by molar-refractivity contribution is 5.78. The molecule has 0 atom stereocenters. The van der Waals surface area contributed by atoms with Crippen molar-refractivity contribution in [1.29, 1.82) is 0 Å². The molecular weight excluding hydrogens is 242 g/mol. The molecular formula is C14H17N3O2. The van der Waals surface area contributed by atoms with E-state index in [9.17, 15) is 4.79 Å². The number of hydrogen-bond donors (Lipinski definition) is 1. The molecule has 19 heavy (non-hydrogen) atoms. The molecule has 2 rings (SSSR count). The fourth-order valence-corrected chi connectivity index (χ4v) is 2.07. The first-order chi connectivity index (χ1) is 9.11. The lowest BCUT2D eigenvalue weighted by Crippen LogP contribution is -2.32. The van der Waals surface area contributed by atoms with E-state index < -0.39 is 5.97 Å². The topological polar surface area (TPSA) is 66.3 Å². The van der Waals surface area contributed by atoms with Crippen LogP contribution in [0.1, 0.15) is 19.0 Å². The van der Waals surface area contributed by atoms with Gasteiger partial charge in [0.2, 0.25) is 0 Å². The summed E-state index contributed by atoms with van der Waals surface area (Å²) in [4.78, 5) is 21.7. The van der Waals surface area contributed by atoms with Gasteiger partial charge in [0.05, 0.1) is 16.7 Å². The zero-order chi connectivity index (χ0) is 13.8. The Morgan fingerprint density at radius 3 is 2.47 bits per heavy atom. The number of carboxylic acids is 1. The molecule has 1 aromatic carbocycles. The van der Waals surface area contributed by atoms with Crippen LogP contribution >= 0.6 is 0 Å². The normalized spacial score (nSPS) is 10.6. The highest BCUT2D eigenvalue weighted by Crippen LogP contribution is 2.19. The third-order valence-electron chi connectivity index (χ3n) is 2.84. The maximum absolute atomic E-state index is 10.9. The second kappa shape index (κ2) is 5.65. The van der Waals surface area contributed by atoms with Crippen molar-refractivity contribution in [2.24, 2.45) is 0 Å². The van der Waals surface area contributed by atoms with Crippen molar-refractivity contribution in [1.82, 2.24) is 9.97 Å². The zero-order valence-corrected chi connectivity index (χ0v) is 11.1. The lowest BCUT2D eigenvalue weighted by molar-refractivity contribution is -0.135. The average molecular weight is 259 g/mol. The van der Waals surface area contributed by atoms with E-state index in [-0.39, 0.29) is 6.54 Å². The third-order valence-corrected chi connectivity index (χ3v) is 2.84. The maximum atomic E-state index is 10.9. The number of aliphatic carboxylic acids is 1. The van der Waals surface area contributed by atoms with Gasteiger partial charge in [-0.15, -0.1) is 0 Å². The molecule has 0 aliphatic heterocycles. The Kier molecular flexibility index (Phi) is 3.94. The van der Waals surface area contributed by atoms with E-state index in [0.29, 0.717) is 12.4 Å². The van der Waals surface area contributed by atoms with Gasteiger partial charge >= 0.3 is 5.97 Å². The highest BCUT2D eigenvalue weighted by atomic mass is 16.4. The van der Waals surface area contributed by atoms with Crippen LogP contribution < -0.4 is 4.90 Å². The van der Waals surface area contributed by atoms with E-state index in [0.717, 1.165) is 23.1 Å². The largest absolute Gasteiger partial charge is 0.480 e. The smallest absolute Gasteiger partial charge is 0.323 e. The van der Waals surface area contributed by atoms with Gasteiger partial charge in [-0.3, -0.25) is 4.79 Å². The number of nitrogens with zero attached hydrogens (tertiary/aromatic N) is 3. The van der Waals surface area contributed by atoms with Crippen molar-refractivity contribution >= 4 is 22.8 Å². The molecule has 0 fully saturated rings. The van der Waals surface area contributed by atoms with Gasteiger partial charge in [0.25, 0.3) is 0 Å². The Hall–Kier alpha value is -2.17. The van der Waals surface area contributed by atoms with E-state index >= 15 is 0 Å². The van der Waals surface area contributed by atoms with Gasteiger partial charge in [-0.25, -0.2) is 9.97 Å². The monoisotopic (exact) mass is 259 g/mol. The molecule has 0 aliphatic carbocycles. The highest BCUT2D eigenvalue weighted by Gasteiger charge is 2.15. The predicted molar refractivity (Wildman–Crippen MR) is 74.4 cm³/mol. The quantitative estimate of drug-likeness (QED) is 0.892. The van der Waals surface area contributed by atoms with Crippen LogP contribution in [-0.2, 0) is 4.79 Å². The number of hydrogen-bond acceptors (Lipinski definition) is 4. The lowest BCUT2D eigenvalue weighted by Gasteiger charge is -2.22. The van der Waals surface area contributed by atoms with E-state index in [1.54, 1.807) is 4.90 Å². The zero-order valence-electron chi connectivity index (χ0n) is 11.1. The summed E-state index contributed by atoms with van der Waals surface area (Å²) >= 11 is 0. The number of anilines is 1. The van der Waals surface area contributed by atoms with Gasteiger partial charge in [-0.05, 0) is 25.5 Å². The lowest BCUT2D eigenvalue weighted by atomic mass is 10.2. The van der Waals surface area contributed by atoms with E-state index in [1.807, 2.05) is 38.1 Å². The van der Waals surface area contributed by atoms with Gasteiger partial charge in [-0.1, -0.05) is 19.1 Å². The molecule has 1 aromatic heterocycles. The Morgan fingerprint density at radius 2 is 1.89 bits per heavy atom. The van der Waals surface area contributed by atoms with Crippen molar-refractivity contribution in [3.8, 4) is 0 Å². The van der Waals surface area contributed by atoms with Crippen LogP contribution in [0.2, 0.25) is 0 Å². The van der Waals surface area contributed by atoms with Gasteiger partial charge in [-0.2, -0.15) is 0 Å². The maximum Gasteiger partial charge on any atom is 0.323 e. The Labute approximate surface area is 111 Å². The molecule has 0 aliphatic rings. The van der Waals surface area contributed by atoms with Gasteiger partial charge in [0.1, 0.15) is 6.54 Å². The summed E-state index contributed by atoms with van der Waals surface area (Å²) in [6.45, 7) is 4.47.